The van der Waals surface area contributed by atoms with Gasteiger partial charge in [-0.2, -0.15) is 11.8 Å². The molecule has 2 atom stereocenters. The van der Waals surface area contributed by atoms with Crippen LogP contribution in [0.1, 0.15) is 52.4 Å². The van der Waals surface area contributed by atoms with Crippen LogP contribution in [-0.2, 0) is 4.79 Å². The normalized spacial score (nSPS) is 33.9. The van der Waals surface area contributed by atoms with Crippen LogP contribution in [0.15, 0.2) is 0 Å². The Balaban J connectivity index is 1.97. The largest absolute Gasteiger partial charge is 0.303 e. The first kappa shape index (κ1) is 14.4. The van der Waals surface area contributed by atoms with Crippen LogP contribution in [0.25, 0.3) is 0 Å². The van der Waals surface area contributed by atoms with Crippen LogP contribution in [0, 0.1) is 5.41 Å². The second-order valence-electron chi connectivity index (χ2n) is 6.35. The first-order valence-corrected chi connectivity index (χ1v) is 8.42. The summed E-state index contributed by atoms with van der Waals surface area (Å²) in [6.07, 6.45) is 8.64. The van der Waals surface area contributed by atoms with Gasteiger partial charge in [0.15, 0.2) is 0 Å². The van der Waals surface area contributed by atoms with E-state index >= 15 is 0 Å². The van der Waals surface area contributed by atoms with Gasteiger partial charge in [-0.15, -0.1) is 0 Å². The Bertz CT molecular complexity index is 264. The van der Waals surface area contributed by atoms with Crippen molar-refractivity contribution in [1.82, 2.24) is 4.90 Å². The third-order valence-electron chi connectivity index (χ3n) is 4.38. The Morgan fingerprint density at radius 3 is 2.17 bits per heavy atom. The molecule has 18 heavy (non-hydrogen) atoms. The summed E-state index contributed by atoms with van der Waals surface area (Å²) in [5.41, 5.74) is -0.0298. The zero-order valence-corrected chi connectivity index (χ0v) is 12.7. The minimum atomic E-state index is -0.0298. The number of thioether (sulfide) groups is 1. The second kappa shape index (κ2) is 6.42. The molecule has 2 nitrogen and oxygen atoms in total. The van der Waals surface area contributed by atoms with Gasteiger partial charge < -0.3 is 9.69 Å². The van der Waals surface area contributed by atoms with Crippen molar-refractivity contribution in [2.24, 2.45) is 5.41 Å². The van der Waals surface area contributed by atoms with Gasteiger partial charge >= 0.3 is 0 Å². The molecule has 0 amide bonds. The molecule has 0 aromatic rings. The lowest BCUT2D eigenvalue weighted by molar-refractivity contribution is -0.118. The maximum Gasteiger partial charge on any atom is 0.127 e. The quantitative estimate of drug-likeness (QED) is 0.579. The Morgan fingerprint density at radius 1 is 1.11 bits per heavy atom. The minimum Gasteiger partial charge on any atom is -0.303 e. The van der Waals surface area contributed by atoms with Gasteiger partial charge in [-0.05, 0) is 12.8 Å². The summed E-state index contributed by atoms with van der Waals surface area (Å²) in [5, 5.41) is 1.42. The van der Waals surface area contributed by atoms with Gasteiger partial charge in [0.2, 0.25) is 0 Å². The number of carbonyl (C=O) groups excluding carboxylic acids is 1. The maximum atomic E-state index is 11.6. The third-order valence-corrected chi connectivity index (χ3v) is 5.61. The van der Waals surface area contributed by atoms with E-state index in [1.807, 2.05) is 0 Å². The highest BCUT2D eigenvalue weighted by molar-refractivity contribution is 8.00. The summed E-state index contributed by atoms with van der Waals surface area (Å²) in [7, 11) is 0. The standard InChI is InChI=1S/C15H27NOS/c1-13-9-16(10-14(2)18-13)11-15(12-17)7-5-3-4-6-8-15/h12-14H,3-11H2,1-2H3. The van der Waals surface area contributed by atoms with E-state index in [4.69, 9.17) is 0 Å². The fourth-order valence-corrected chi connectivity index (χ4v) is 4.99. The average Bonchev–Trinajstić information content (AvgIpc) is 2.54. The predicted octanol–water partition coefficient (Wildman–Crippen LogP) is 3.35. The van der Waals surface area contributed by atoms with Crippen LogP contribution in [-0.4, -0.2) is 41.3 Å². The number of aldehydes is 1. The lowest BCUT2D eigenvalue weighted by atomic mass is 9.81. The summed E-state index contributed by atoms with van der Waals surface area (Å²) in [6.45, 7) is 7.95. The monoisotopic (exact) mass is 269 g/mol. The SMILES string of the molecule is CC1CN(CC2(C=O)CCCCCC2)CC(C)S1. The molecule has 0 N–H and O–H groups in total. The van der Waals surface area contributed by atoms with Crippen molar-refractivity contribution >= 4 is 18.0 Å². The highest BCUT2D eigenvalue weighted by atomic mass is 32.2. The molecule has 1 saturated heterocycles. The number of carbonyl (C=O) groups is 1. The molecule has 1 saturated carbocycles. The molecule has 0 aromatic carbocycles. The second-order valence-corrected chi connectivity index (χ2v) is 8.23. The van der Waals surface area contributed by atoms with Crippen LogP contribution in [0.3, 0.4) is 0 Å². The molecule has 1 aliphatic heterocycles. The lowest BCUT2D eigenvalue weighted by Gasteiger charge is -2.39. The Labute approximate surface area is 116 Å². The van der Waals surface area contributed by atoms with Gasteiger partial charge in [-0.25, -0.2) is 0 Å². The fraction of sp³-hybridized carbons (Fsp3) is 0.933. The van der Waals surface area contributed by atoms with E-state index in [1.165, 1.54) is 32.0 Å². The molecular weight excluding hydrogens is 242 g/mol. The molecule has 2 rings (SSSR count). The number of hydrogen-bond acceptors (Lipinski definition) is 3. The highest BCUT2D eigenvalue weighted by Gasteiger charge is 2.34. The number of hydrogen-bond donors (Lipinski definition) is 0. The zero-order chi connectivity index (χ0) is 13.0. The van der Waals surface area contributed by atoms with Crippen molar-refractivity contribution in [3.63, 3.8) is 0 Å². The molecule has 3 heteroatoms. The van der Waals surface area contributed by atoms with Crippen molar-refractivity contribution < 1.29 is 4.79 Å². The first-order valence-electron chi connectivity index (χ1n) is 7.48. The molecule has 2 aliphatic rings. The molecule has 2 fully saturated rings. The van der Waals surface area contributed by atoms with E-state index in [1.54, 1.807) is 0 Å². The Morgan fingerprint density at radius 2 is 1.67 bits per heavy atom. The zero-order valence-electron chi connectivity index (χ0n) is 11.9. The molecule has 1 aliphatic carbocycles. The van der Waals surface area contributed by atoms with Crippen LogP contribution >= 0.6 is 11.8 Å². The molecule has 1 heterocycles. The Kier molecular flexibility index (Phi) is 5.14. The summed E-state index contributed by atoms with van der Waals surface area (Å²) in [4.78, 5) is 14.2. The van der Waals surface area contributed by atoms with Crippen molar-refractivity contribution in [3.05, 3.63) is 0 Å². The van der Waals surface area contributed by atoms with E-state index in [2.05, 4.69) is 30.5 Å². The van der Waals surface area contributed by atoms with E-state index in [9.17, 15) is 4.79 Å². The summed E-state index contributed by atoms with van der Waals surface area (Å²) in [5.74, 6) is 0. The fourth-order valence-electron chi connectivity index (χ4n) is 3.60. The predicted molar refractivity (Wildman–Crippen MR) is 79.2 cm³/mol. The molecule has 0 aromatic heterocycles. The van der Waals surface area contributed by atoms with Crippen molar-refractivity contribution in [1.29, 1.82) is 0 Å². The average molecular weight is 269 g/mol. The van der Waals surface area contributed by atoms with E-state index in [0.29, 0.717) is 10.5 Å². The molecule has 0 radical (unpaired) electrons. The van der Waals surface area contributed by atoms with Crippen molar-refractivity contribution in [2.75, 3.05) is 19.6 Å². The third kappa shape index (κ3) is 3.74. The molecular formula is C15H27NOS. The van der Waals surface area contributed by atoms with E-state index in [0.717, 1.165) is 32.5 Å². The number of rotatable bonds is 3. The van der Waals surface area contributed by atoms with Crippen molar-refractivity contribution in [3.8, 4) is 0 Å². The van der Waals surface area contributed by atoms with Crippen LogP contribution < -0.4 is 0 Å². The van der Waals surface area contributed by atoms with Gasteiger partial charge in [0, 0.05) is 35.5 Å². The summed E-state index contributed by atoms with van der Waals surface area (Å²) in [6, 6.07) is 0. The van der Waals surface area contributed by atoms with E-state index in [-0.39, 0.29) is 5.41 Å². The molecule has 0 spiro atoms. The van der Waals surface area contributed by atoms with Crippen LogP contribution in [0.5, 0.6) is 0 Å². The van der Waals surface area contributed by atoms with Crippen molar-refractivity contribution in [2.45, 2.75) is 62.9 Å². The summed E-state index contributed by atoms with van der Waals surface area (Å²) < 4.78 is 0. The topological polar surface area (TPSA) is 20.3 Å². The molecule has 2 unspecified atom stereocenters. The lowest BCUT2D eigenvalue weighted by Crippen LogP contribution is -2.46. The first-order chi connectivity index (χ1) is 8.63. The maximum absolute atomic E-state index is 11.6. The van der Waals surface area contributed by atoms with Gasteiger partial charge in [-0.1, -0.05) is 39.5 Å². The molecule has 0 bridgehead atoms. The highest BCUT2D eigenvalue weighted by Crippen LogP contribution is 2.35. The summed E-state index contributed by atoms with van der Waals surface area (Å²) >= 11 is 2.09. The minimum absolute atomic E-state index is 0.0298. The van der Waals surface area contributed by atoms with E-state index < -0.39 is 0 Å². The van der Waals surface area contributed by atoms with Gasteiger partial charge in [0.05, 0.1) is 0 Å². The van der Waals surface area contributed by atoms with Crippen LogP contribution in [0.4, 0.5) is 0 Å². The number of nitrogens with zero attached hydrogens (tertiary/aromatic N) is 1. The van der Waals surface area contributed by atoms with Gasteiger partial charge in [0.1, 0.15) is 6.29 Å². The van der Waals surface area contributed by atoms with Crippen LogP contribution in [0.2, 0.25) is 0 Å². The Hall–Kier alpha value is -0.0200. The molecule has 104 valence electrons. The van der Waals surface area contributed by atoms with Gasteiger partial charge in [-0.3, -0.25) is 0 Å². The van der Waals surface area contributed by atoms with Gasteiger partial charge in [0.25, 0.3) is 0 Å². The smallest absolute Gasteiger partial charge is 0.127 e.